The smallest absolute Gasteiger partial charge is 0.223 e. The van der Waals surface area contributed by atoms with Crippen LogP contribution in [0.15, 0.2) is 36.4 Å². The molecule has 1 unspecified atom stereocenters. The van der Waals surface area contributed by atoms with Crippen LogP contribution in [0.4, 0.5) is 8.78 Å². The molecule has 1 saturated heterocycles. The van der Waals surface area contributed by atoms with Gasteiger partial charge in [0.2, 0.25) is 5.91 Å². The second-order valence-electron chi connectivity index (χ2n) is 7.20. The number of aryl methyl sites for hydroxylation is 1. The summed E-state index contributed by atoms with van der Waals surface area (Å²) < 4.78 is 43.7. The Labute approximate surface area is 168 Å². The molecular weight excluding hydrogens is 380 g/mol. The molecular formula is C22H23F2NO4. The van der Waals surface area contributed by atoms with Crippen LogP contribution in [0.2, 0.25) is 0 Å². The number of hydrogen-bond acceptors (Lipinski definition) is 4. The molecule has 0 spiro atoms. The third kappa shape index (κ3) is 4.67. The molecule has 0 bridgehead atoms. The molecule has 2 aromatic rings. The number of rotatable bonds is 4. The van der Waals surface area contributed by atoms with Gasteiger partial charge in [-0.05, 0) is 41.8 Å². The molecule has 2 aliphatic heterocycles. The highest BCUT2D eigenvalue weighted by Crippen LogP contribution is 2.31. The standard InChI is InChI=1S/C22H23F2NO4/c23-17-5-4-16(13-18(17)24)21-14-25(8-11-29-21)22(26)7-3-15-2-6-19-20(12-15)28-10-1-9-27-19/h2,4-6,12-13,21H,1,3,7-11,14H2. The minimum Gasteiger partial charge on any atom is -0.490 e. The zero-order valence-electron chi connectivity index (χ0n) is 16.0. The average molecular weight is 403 g/mol. The Bertz CT molecular complexity index is 889. The zero-order valence-corrected chi connectivity index (χ0v) is 16.0. The number of morpholine rings is 1. The van der Waals surface area contributed by atoms with E-state index in [0.29, 0.717) is 51.3 Å². The van der Waals surface area contributed by atoms with Gasteiger partial charge < -0.3 is 19.1 Å². The highest BCUT2D eigenvalue weighted by Gasteiger charge is 2.26. The molecule has 2 heterocycles. The fourth-order valence-corrected chi connectivity index (χ4v) is 3.56. The van der Waals surface area contributed by atoms with Gasteiger partial charge in [0, 0.05) is 19.4 Å². The molecule has 2 aromatic carbocycles. The number of fused-ring (bicyclic) bond motifs is 1. The van der Waals surface area contributed by atoms with Gasteiger partial charge in [0.15, 0.2) is 23.1 Å². The van der Waals surface area contributed by atoms with Crippen LogP contribution in [-0.2, 0) is 16.0 Å². The molecule has 4 rings (SSSR count). The number of halogens is 2. The second kappa shape index (κ2) is 8.78. The Kier molecular flexibility index (Phi) is 5.94. The second-order valence-corrected chi connectivity index (χ2v) is 7.20. The minimum absolute atomic E-state index is 0.00740. The van der Waals surface area contributed by atoms with Gasteiger partial charge in [-0.2, -0.15) is 0 Å². The van der Waals surface area contributed by atoms with Gasteiger partial charge in [0.1, 0.15) is 6.10 Å². The third-order valence-corrected chi connectivity index (χ3v) is 5.17. The van der Waals surface area contributed by atoms with Crippen molar-refractivity contribution < 1.29 is 27.8 Å². The van der Waals surface area contributed by atoms with E-state index in [0.717, 1.165) is 35.6 Å². The Morgan fingerprint density at radius 3 is 2.66 bits per heavy atom. The summed E-state index contributed by atoms with van der Waals surface area (Å²) >= 11 is 0. The predicted octanol–water partition coefficient (Wildman–Crippen LogP) is 3.66. The van der Waals surface area contributed by atoms with Crippen LogP contribution in [0, 0.1) is 11.6 Å². The first-order valence-corrected chi connectivity index (χ1v) is 9.83. The van der Waals surface area contributed by atoms with Crippen LogP contribution < -0.4 is 9.47 Å². The number of nitrogens with zero attached hydrogens (tertiary/aromatic N) is 1. The number of carbonyl (C=O) groups excluding carboxylic acids is 1. The molecule has 0 saturated carbocycles. The van der Waals surface area contributed by atoms with E-state index in [1.54, 1.807) is 4.90 Å². The van der Waals surface area contributed by atoms with Gasteiger partial charge in [-0.1, -0.05) is 12.1 Å². The molecule has 29 heavy (non-hydrogen) atoms. The van der Waals surface area contributed by atoms with Gasteiger partial charge in [0.05, 0.1) is 26.4 Å². The zero-order chi connectivity index (χ0) is 20.2. The molecule has 2 aliphatic rings. The molecule has 0 N–H and O–H groups in total. The van der Waals surface area contributed by atoms with E-state index in [1.807, 2.05) is 18.2 Å². The largest absolute Gasteiger partial charge is 0.490 e. The summed E-state index contributed by atoms with van der Waals surface area (Å²) in [5.41, 5.74) is 1.54. The molecule has 1 amide bonds. The summed E-state index contributed by atoms with van der Waals surface area (Å²) in [7, 11) is 0. The average Bonchev–Trinajstić information content (AvgIpc) is 2.99. The van der Waals surface area contributed by atoms with E-state index >= 15 is 0 Å². The van der Waals surface area contributed by atoms with E-state index in [1.165, 1.54) is 6.07 Å². The lowest BCUT2D eigenvalue weighted by Gasteiger charge is -2.33. The van der Waals surface area contributed by atoms with Crippen LogP contribution in [0.1, 0.15) is 30.1 Å². The van der Waals surface area contributed by atoms with E-state index in [4.69, 9.17) is 14.2 Å². The molecule has 7 heteroatoms. The normalized spacial score (nSPS) is 19.0. The van der Waals surface area contributed by atoms with E-state index in [-0.39, 0.29) is 5.91 Å². The number of ether oxygens (including phenoxy) is 3. The lowest BCUT2D eigenvalue weighted by atomic mass is 10.1. The topological polar surface area (TPSA) is 48.0 Å². The van der Waals surface area contributed by atoms with Crippen molar-refractivity contribution in [2.24, 2.45) is 0 Å². The van der Waals surface area contributed by atoms with Gasteiger partial charge in [-0.25, -0.2) is 8.78 Å². The number of carbonyl (C=O) groups is 1. The highest BCUT2D eigenvalue weighted by atomic mass is 19.2. The number of hydrogen-bond donors (Lipinski definition) is 0. The van der Waals surface area contributed by atoms with Crippen LogP contribution in [-0.4, -0.2) is 43.7 Å². The van der Waals surface area contributed by atoms with Crippen molar-refractivity contribution in [3.05, 3.63) is 59.2 Å². The molecule has 0 aliphatic carbocycles. The predicted molar refractivity (Wildman–Crippen MR) is 102 cm³/mol. The molecule has 0 aromatic heterocycles. The van der Waals surface area contributed by atoms with Gasteiger partial charge >= 0.3 is 0 Å². The summed E-state index contributed by atoms with van der Waals surface area (Å²) in [6, 6.07) is 9.47. The van der Waals surface area contributed by atoms with Crippen LogP contribution in [0.25, 0.3) is 0 Å². The van der Waals surface area contributed by atoms with Crippen molar-refractivity contribution in [2.45, 2.75) is 25.4 Å². The van der Waals surface area contributed by atoms with Crippen LogP contribution in [0.3, 0.4) is 0 Å². The minimum atomic E-state index is -0.913. The Morgan fingerprint density at radius 1 is 1.00 bits per heavy atom. The fraction of sp³-hybridized carbons (Fsp3) is 0.409. The first kappa shape index (κ1) is 19.6. The van der Waals surface area contributed by atoms with Crippen molar-refractivity contribution in [3.8, 4) is 11.5 Å². The van der Waals surface area contributed by atoms with Crippen molar-refractivity contribution in [1.29, 1.82) is 0 Å². The lowest BCUT2D eigenvalue weighted by Crippen LogP contribution is -2.42. The quantitative estimate of drug-likeness (QED) is 0.782. The van der Waals surface area contributed by atoms with E-state index < -0.39 is 17.7 Å². The van der Waals surface area contributed by atoms with E-state index in [2.05, 4.69) is 0 Å². The summed E-state index contributed by atoms with van der Waals surface area (Å²) in [5.74, 6) is -0.345. The summed E-state index contributed by atoms with van der Waals surface area (Å²) in [4.78, 5) is 14.4. The van der Waals surface area contributed by atoms with Crippen molar-refractivity contribution in [3.63, 3.8) is 0 Å². The maximum absolute atomic E-state index is 13.5. The maximum Gasteiger partial charge on any atom is 0.223 e. The van der Waals surface area contributed by atoms with Crippen molar-refractivity contribution in [1.82, 2.24) is 4.90 Å². The Hall–Kier alpha value is -2.67. The van der Waals surface area contributed by atoms with Crippen LogP contribution in [0.5, 0.6) is 11.5 Å². The van der Waals surface area contributed by atoms with E-state index in [9.17, 15) is 13.6 Å². The Morgan fingerprint density at radius 2 is 1.83 bits per heavy atom. The van der Waals surface area contributed by atoms with Crippen molar-refractivity contribution >= 4 is 5.91 Å². The molecule has 1 atom stereocenters. The summed E-state index contributed by atoms with van der Waals surface area (Å²) in [6.07, 6.45) is 1.33. The first-order valence-electron chi connectivity index (χ1n) is 9.83. The number of amides is 1. The molecule has 1 fully saturated rings. The monoisotopic (exact) mass is 403 g/mol. The van der Waals surface area contributed by atoms with Gasteiger partial charge in [-0.15, -0.1) is 0 Å². The molecule has 154 valence electrons. The van der Waals surface area contributed by atoms with Gasteiger partial charge in [-0.3, -0.25) is 4.79 Å². The highest BCUT2D eigenvalue weighted by molar-refractivity contribution is 5.76. The molecule has 5 nitrogen and oxygen atoms in total. The van der Waals surface area contributed by atoms with Crippen molar-refractivity contribution in [2.75, 3.05) is 32.9 Å². The summed E-state index contributed by atoms with van der Waals surface area (Å²) in [5, 5.41) is 0. The fourth-order valence-electron chi connectivity index (χ4n) is 3.56. The summed E-state index contributed by atoms with van der Waals surface area (Å²) in [6.45, 7) is 2.43. The third-order valence-electron chi connectivity index (χ3n) is 5.17. The number of benzene rings is 2. The van der Waals surface area contributed by atoms with Gasteiger partial charge in [0.25, 0.3) is 0 Å². The SMILES string of the molecule is O=C(CCc1ccc2c(c1)OCCCO2)N1CCOC(c2ccc(F)c(F)c2)C1. The molecule has 0 radical (unpaired) electrons. The van der Waals surface area contributed by atoms with Crippen LogP contribution >= 0.6 is 0 Å². The maximum atomic E-state index is 13.5. The lowest BCUT2D eigenvalue weighted by molar-refractivity contribution is -0.139. The first-order chi connectivity index (χ1) is 14.1. The Balaban J connectivity index is 1.36.